The molecule has 0 saturated heterocycles. The second-order valence-corrected chi connectivity index (χ2v) is 3.09. The lowest BCUT2D eigenvalue weighted by Crippen LogP contribution is -2.07. The highest BCUT2D eigenvalue weighted by molar-refractivity contribution is 5.07. The van der Waals surface area contributed by atoms with Crippen LogP contribution in [0.2, 0.25) is 0 Å². The minimum Gasteiger partial charge on any atom is -0.494 e. The predicted molar refractivity (Wildman–Crippen MR) is 51.6 cm³/mol. The molecule has 1 heteroatoms. The first-order valence-electron chi connectivity index (χ1n) is 4.71. The van der Waals surface area contributed by atoms with Crippen molar-refractivity contribution in [1.82, 2.24) is 0 Å². The minimum atomic E-state index is 0.319. The molecule has 0 bridgehead atoms. The summed E-state index contributed by atoms with van der Waals surface area (Å²) in [5, 5.41) is 0. The number of ether oxygens (including phenoxy) is 1. The fourth-order valence-corrected chi connectivity index (χ4v) is 1.29. The zero-order valence-electron chi connectivity index (χ0n) is 7.54. The fraction of sp³-hybridized carbons (Fsp3) is 0.545. The first-order chi connectivity index (χ1) is 5.93. The van der Waals surface area contributed by atoms with Crippen LogP contribution in [0.3, 0.4) is 0 Å². The van der Waals surface area contributed by atoms with Gasteiger partial charge in [-0.15, -0.1) is 0 Å². The Balaban J connectivity index is 2.00. The van der Waals surface area contributed by atoms with Gasteiger partial charge in [-0.1, -0.05) is 32.3 Å². The van der Waals surface area contributed by atoms with Gasteiger partial charge in [0.05, 0.1) is 6.26 Å². The first-order valence-corrected chi connectivity index (χ1v) is 4.71. The Morgan fingerprint density at radius 3 is 2.75 bits per heavy atom. The molecule has 0 aliphatic carbocycles. The van der Waals surface area contributed by atoms with Crippen LogP contribution in [0.1, 0.15) is 32.1 Å². The van der Waals surface area contributed by atoms with Crippen molar-refractivity contribution in [3.63, 3.8) is 0 Å². The van der Waals surface area contributed by atoms with Gasteiger partial charge in [-0.3, -0.25) is 0 Å². The topological polar surface area (TPSA) is 9.23 Å². The van der Waals surface area contributed by atoms with Crippen LogP contribution in [0.5, 0.6) is 0 Å². The summed E-state index contributed by atoms with van der Waals surface area (Å²) >= 11 is 0. The minimum absolute atomic E-state index is 0.319. The van der Waals surface area contributed by atoms with E-state index in [1.807, 2.05) is 6.08 Å². The average molecular weight is 165 g/mol. The van der Waals surface area contributed by atoms with Gasteiger partial charge < -0.3 is 4.74 Å². The number of hydrogen-bond donors (Lipinski definition) is 0. The Morgan fingerprint density at radius 1 is 1.17 bits per heavy atom. The Morgan fingerprint density at radius 2 is 2.08 bits per heavy atom. The summed E-state index contributed by atoms with van der Waals surface area (Å²) in [4.78, 5) is 0. The summed E-state index contributed by atoms with van der Waals surface area (Å²) in [6, 6.07) is 0. The van der Waals surface area contributed by atoms with E-state index in [-0.39, 0.29) is 0 Å². The number of allylic oxidation sites excluding steroid dienone is 2. The van der Waals surface area contributed by atoms with E-state index in [1.165, 1.54) is 19.3 Å². The lowest BCUT2D eigenvalue weighted by Gasteiger charge is -2.14. The molecule has 12 heavy (non-hydrogen) atoms. The molecule has 1 nitrogen and oxygen atoms in total. The first kappa shape index (κ1) is 9.37. The maximum absolute atomic E-state index is 5.38. The second-order valence-electron chi connectivity index (χ2n) is 3.09. The van der Waals surface area contributed by atoms with Gasteiger partial charge in [0, 0.05) is 0 Å². The van der Waals surface area contributed by atoms with Crippen LogP contribution in [0.25, 0.3) is 0 Å². The van der Waals surface area contributed by atoms with Crippen molar-refractivity contribution in [2.24, 2.45) is 0 Å². The molecule has 1 radical (unpaired) electrons. The predicted octanol–water partition coefficient (Wildman–Crippen LogP) is 3.24. The van der Waals surface area contributed by atoms with Crippen molar-refractivity contribution >= 4 is 0 Å². The van der Waals surface area contributed by atoms with Crippen LogP contribution in [-0.2, 0) is 4.74 Å². The monoisotopic (exact) mass is 165 g/mol. The van der Waals surface area contributed by atoms with E-state index in [0.29, 0.717) is 6.10 Å². The molecule has 0 fully saturated rings. The van der Waals surface area contributed by atoms with Crippen LogP contribution >= 0.6 is 0 Å². The molecule has 1 heterocycles. The van der Waals surface area contributed by atoms with Gasteiger partial charge >= 0.3 is 0 Å². The highest BCUT2D eigenvalue weighted by atomic mass is 16.5. The molecular weight excluding hydrogens is 148 g/mol. The standard InChI is InChI=1S/C11H17O/c1-2-3-4-5-8-11-9-6-7-10-12-11/h6-7,9-11H,1-5,8H2. The smallest absolute Gasteiger partial charge is 0.116 e. The third-order valence-electron chi connectivity index (χ3n) is 2.01. The van der Waals surface area contributed by atoms with E-state index in [9.17, 15) is 0 Å². The van der Waals surface area contributed by atoms with E-state index in [2.05, 4.69) is 19.1 Å². The summed E-state index contributed by atoms with van der Waals surface area (Å²) in [7, 11) is 0. The molecule has 0 N–H and O–H groups in total. The fourth-order valence-electron chi connectivity index (χ4n) is 1.29. The molecule has 0 spiro atoms. The Hall–Kier alpha value is -0.720. The van der Waals surface area contributed by atoms with E-state index >= 15 is 0 Å². The number of hydrogen-bond acceptors (Lipinski definition) is 1. The Labute approximate surface area is 75.1 Å². The van der Waals surface area contributed by atoms with Gasteiger partial charge in [0.25, 0.3) is 0 Å². The molecule has 0 aromatic carbocycles. The van der Waals surface area contributed by atoms with Gasteiger partial charge in [-0.05, 0) is 25.0 Å². The highest BCUT2D eigenvalue weighted by Gasteiger charge is 2.04. The molecule has 0 aromatic rings. The van der Waals surface area contributed by atoms with Crippen LogP contribution in [0, 0.1) is 6.92 Å². The molecule has 0 amide bonds. The van der Waals surface area contributed by atoms with Gasteiger partial charge in [-0.25, -0.2) is 0 Å². The second kappa shape index (κ2) is 5.87. The third-order valence-corrected chi connectivity index (χ3v) is 2.01. The Kier molecular flexibility index (Phi) is 4.58. The summed E-state index contributed by atoms with van der Waals surface area (Å²) in [5.41, 5.74) is 0. The summed E-state index contributed by atoms with van der Waals surface area (Å²) in [5.74, 6) is 0. The summed E-state index contributed by atoms with van der Waals surface area (Å²) in [6.07, 6.45) is 14.1. The van der Waals surface area contributed by atoms with Crippen LogP contribution in [0.15, 0.2) is 24.5 Å². The van der Waals surface area contributed by atoms with Gasteiger partial charge in [0.1, 0.15) is 6.10 Å². The van der Waals surface area contributed by atoms with E-state index < -0.39 is 0 Å². The largest absolute Gasteiger partial charge is 0.494 e. The maximum atomic E-state index is 5.38. The number of unbranched alkanes of at least 4 members (excludes halogenated alkanes) is 3. The quantitative estimate of drug-likeness (QED) is 0.568. The SMILES string of the molecule is [CH2]CCCCCC1C=CC=CO1. The Bertz CT molecular complexity index is 158. The molecule has 1 atom stereocenters. The van der Waals surface area contributed by atoms with Crippen molar-refractivity contribution in [2.75, 3.05) is 0 Å². The molecule has 1 unspecified atom stereocenters. The lowest BCUT2D eigenvalue weighted by atomic mass is 10.1. The third kappa shape index (κ3) is 3.61. The molecule has 1 aliphatic rings. The molecule has 1 rings (SSSR count). The van der Waals surface area contributed by atoms with Crippen molar-refractivity contribution in [1.29, 1.82) is 0 Å². The summed E-state index contributed by atoms with van der Waals surface area (Å²) in [6.45, 7) is 3.81. The molecule has 0 aromatic heterocycles. The van der Waals surface area contributed by atoms with Crippen molar-refractivity contribution in [2.45, 2.75) is 38.2 Å². The van der Waals surface area contributed by atoms with E-state index in [4.69, 9.17) is 4.74 Å². The van der Waals surface area contributed by atoms with Crippen molar-refractivity contribution in [3.8, 4) is 0 Å². The summed E-state index contributed by atoms with van der Waals surface area (Å²) < 4.78 is 5.38. The van der Waals surface area contributed by atoms with E-state index in [0.717, 1.165) is 12.8 Å². The molecule has 67 valence electrons. The highest BCUT2D eigenvalue weighted by Crippen LogP contribution is 2.11. The molecule has 1 aliphatic heterocycles. The van der Waals surface area contributed by atoms with Crippen LogP contribution < -0.4 is 0 Å². The lowest BCUT2D eigenvalue weighted by molar-refractivity contribution is 0.171. The van der Waals surface area contributed by atoms with Gasteiger partial charge in [0.2, 0.25) is 0 Å². The zero-order valence-corrected chi connectivity index (χ0v) is 7.54. The maximum Gasteiger partial charge on any atom is 0.116 e. The molecular formula is C11H17O. The van der Waals surface area contributed by atoms with E-state index in [1.54, 1.807) is 6.26 Å². The van der Waals surface area contributed by atoms with Gasteiger partial charge in [-0.2, -0.15) is 0 Å². The van der Waals surface area contributed by atoms with Crippen LogP contribution in [-0.4, -0.2) is 6.10 Å². The van der Waals surface area contributed by atoms with Crippen LogP contribution in [0.4, 0.5) is 0 Å². The normalized spacial score (nSPS) is 20.9. The van der Waals surface area contributed by atoms with Crippen molar-refractivity contribution in [3.05, 3.63) is 31.4 Å². The zero-order chi connectivity index (χ0) is 8.65. The number of rotatable bonds is 5. The van der Waals surface area contributed by atoms with Gasteiger partial charge in [0.15, 0.2) is 0 Å². The average Bonchev–Trinajstić information content (AvgIpc) is 2.14. The molecule has 0 saturated carbocycles. The van der Waals surface area contributed by atoms with Crippen molar-refractivity contribution < 1.29 is 4.74 Å².